The number of pyridine rings is 2. The number of aromatic nitrogens is 2. The van der Waals surface area contributed by atoms with Gasteiger partial charge in [-0.05, 0) is 43.0 Å². The van der Waals surface area contributed by atoms with E-state index in [-0.39, 0.29) is 6.04 Å². The van der Waals surface area contributed by atoms with Crippen molar-refractivity contribution in [2.75, 3.05) is 0 Å². The Balaban J connectivity index is 2.40. The van der Waals surface area contributed by atoms with Crippen molar-refractivity contribution in [2.45, 2.75) is 26.8 Å². The zero-order chi connectivity index (χ0) is 12.4. The van der Waals surface area contributed by atoms with E-state index in [0.717, 1.165) is 27.9 Å². The SMILES string of the molecule is Cc1cncc(C(N)c2ncc(C)cc2C)c1. The Morgan fingerprint density at radius 2 is 1.71 bits per heavy atom. The fourth-order valence-corrected chi connectivity index (χ4v) is 1.96. The standard InChI is InChI=1S/C14H17N3/c1-9-4-11(3)14(17-7-9)13(15)12-5-10(2)6-16-8-12/h4-8,13H,15H2,1-3H3. The summed E-state index contributed by atoms with van der Waals surface area (Å²) in [6.07, 6.45) is 5.48. The second kappa shape index (κ2) is 4.63. The summed E-state index contributed by atoms with van der Waals surface area (Å²) in [6, 6.07) is 3.95. The number of nitrogens with zero attached hydrogens (tertiary/aromatic N) is 2. The molecule has 0 spiro atoms. The maximum atomic E-state index is 6.23. The highest BCUT2D eigenvalue weighted by Gasteiger charge is 2.13. The molecule has 1 unspecified atom stereocenters. The summed E-state index contributed by atoms with van der Waals surface area (Å²) in [4.78, 5) is 8.60. The predicted molar refractivity (Wildman–Crippen MR) is 68.7 cm³/mol. The third-order valence-electron chi connectivity index (χ3n) is 2.81. The van der Waals surface area contributed by atoms with Gasteiger partial charge >= 0.3 is 0 Å². The Morgan fingerprint density at radius 1 is 1.00 bits per heavy atom. The van der Waals surface area contributed by atoms with Crippen molar-refractivity contribution < 1.29 is 0 Å². The molecule has 3 heteroatoms. The van der Waals surface area contributed by atoms with Crippen LogP contribution >= 0.6 is 0 Å². The van der Waals surface area contributed by atoms with E-state index in [9.17, 15) is 0 Å². The molecule has 17 heavy (non-hydrogen) atoms. The molecule has 0 aliphatic rings. The number of aryl methyl sites for hydroxylation is 3. The monoisotopic (exact) mass is 227 g/mol. The molecular formula is C14H17N3. The van der Waals surface area contributed by atoms with E-state index in [1.807, 2.05) is 33.2 Å². The molecule has 0 aromatic carbocycles. The second-order valence-corrected chi connectivity index (χ2v) is 4.49. The Hall–Kier alpha value is -1.74. The van der Waals surface area contributed by atoms with Crippen LogP contribution in [0.5, 0.6) is 0 Å². The van der Waals surface area contributed by atoms with Crippen LogP contribution in [0.4, 0.5) is 0 Å². The minimum atomic E-state index is -0.206. The van der Waals surface area contributed by atoms with E-state index in [1.165, 1.54) is 0 Å². The van der Waals surface area contributed by atoms with Crippen LogP contribution in [0.2, 0.25) is 0 Å². The van der Waals surface area contributed by atoms with Crippen LogP contribution in [0.3, 0.4) is 0 Å². The topological polar surface area (TPSA) is 51.8 Å². The summed E-state index contributed by atoms with van der Waals surface area (Å²) in [6.45, 7) is 6.08. The van der Waals surface area contributed by atoms with Crippen LogP contribution in [-0.4, -0.2) is 9.97 Å². The minimum Gasteiger partial charge on any atom is -0.319 e. The normalized spacial score (nSPS) is 12.5. The molecule has 0 saturated carbocycles. The number of rotatable bonds is 2. The van der Waals surface area contributed by atoms with E-state index in [4.69, 9.17) is 5.73 Å². The summed E-state index contributed by atoms with van der Waals surface area (Å²) >= 11 is 0. The molecule has 2 heterocycles. The van der Waals surface area contributed by atoms with Gasteiger partial charge < -0.3 is 5.73 Å². The maximum absolute atomic E-state index is 6.23. The van der Waals surface area contributed by atoms with Gasteiger partial charge in [-0.3, -0.25) is 9.97 Å². The molecule has 0 aliphatic carbocycles. The first-order valence-electron chi connectivity index (χ1n) is 5.68. The van der Waals surface area contributed by atoms with Gasteiger partial charge in [0.15, 0.2) is 0 Å². The molecule has 2 rings (SSSR count). The van der Waals surface area contributed by atoms with Gasteiger partial charge in [-0.25, -0.2) is 0 Å². The first-order chi connectivity index (χ1) is 8.08. The van der Waals surface area contributed by atoms with E-state index >= 15 is 0 Å². The number of nitrogens with two attached hydrogens (primary N) is 1. The Labute approximate surface area is 102 Å². The van der Waals surface area contributed by atoms with Crippen molar-refractivity contribution in [1.82, 2.24) is 9.97 Å². The van der Waals surface area contributed by atoms with Gasteiger partial charge in [0, 0.05) is 18.6 Å². The van der Waals surface area contributed by atoms with Crippen molar-refractivity contribution >= 4 is 0 Å². The van der Waals surface area contributed by atoms with Crippen LogP contribution in [-0.2, 0) is 0 Å². The van der Waals surface area contributed by atoms with Gasteiger partial charge in [0.2, 0.25) is 0 Å². The summed E-state index contributed by atoms with van der Waals surface area (Å²) in [5.74, 6) is 0. The van der Waals surface area contributed by atoms with E-state index in [2.05, 4.69) is 22.1 Å². The van der Waals surface area contributed by atoms with Crippen LogP contribution in [0.25, 0.3) is 0 Å². The molecule has 88 valence electrons. The fourth-order valence-electron chi connectivity index (χ4n) is 1.96. The average Bonchev–Trinajstić information content (AvgIpc) is 2.28. The van der Waals surface area contributed by atoms with Crippen molar-refractivity contribution in [2.24, 2.45) is 5.73 Å². The van der Waals surface area contributed by atoms with Crippen molar-refractivity contribution in [3.63, 3.8) is 0 Å². The molecule has 0 saturated heterocycles. The minimum absolute atomic E-state index is 0.206. The fraction of sp³-hybridized carbons (Fsp3) is 0.286. The first-order valence-corrected chi connectivity index (χ1v) is 5.68. The smallest absolute Gasteiger partial charge is 0.0744 e. The molecule has 2 aromatic heterocycles. The van der Waals surface area contributed by atoms with Gasteiger partial charge in [0.05, 0.1) is 11.7 Å². The van der Waals surface area contributed by atoms with Gasteiger partial charge in [-0.2, -0.15) is 0 Å². The molecule has 0 fully saturated rings. The molecule has 0 radical (unpaired) electrons. The lowest BCUT2D eigenvalue weighted by Crippen LogP contribution is -2.15. The molecule has 0 amide bonds. The quantitative estimate of drug-likeness (QED) is 0.857. The van der Waals surface area contributed by atoms with Gasteiger partial charge in [0.25, 0.3) is 0 Å². The third kappa shape index (κ3) is 2.50. The summed E-state index contributed by atoms with van der Waals surface area (Å²) in [5, 5.41) is 0. The molecule has 2 N–H and O–H groups in total. The third-order valence-corrected chi connectivity index (χ3v) is 2.81. The zero-order valence-corrected chi connectivity index (χ0v) is 10.4. The van der Waals surface area contributed by atoms with Crippen LogP contribution in [0.15, 0.2) is 30.7 Å². The summed E-state index contributed by atoms with van der Waals surface area (Å²) < 4.78 is 0. The molecule has 3 nitrogen and oxygen atoms in total. The average molecular weight is 227 g/mol. The van der Waals surface area contributed by atoms with Crippen LogP contribution < -0.4 is 5.73 Å². The van der Waals surface area contributed by atoms with Gasteiger partial charge in [-0.1, -0.05) is 12.1 Å². The summed E-state index contributed by atoms with van der Waals surface area (Å²) in [5.41, 5.74) is 11.5. The largest absolute Gasteiger partial charge is 0.319 e. The highest BCUT2D eigenvalue weighted by Crippen LogP contribution is 2.21. The zero-order valence-electron chi connectivity index (χ0n) is 10.4. The predicted octanol–water partition coefficient (Wildman–Crippen LogP) is 2.45. The highest BCUT2D eigenvalue weighted by atomic mass is 14.8. The van der Waals surface area contributed by atoms with Crippen molar-refractivity contribution in [1.29, 1.82) is 0 Å². The molecule has 0 aliphatic heterocycles. The maximum Gasteiger partial charge on any atom is 0.0744 e. The molecule has 2 aromatic rings. The van der Waals surface area contributed by atoms with Crippen molar-refractivity contribution in [3.05, 3.63) is 58.7 Å². The van der Waals surface area contributed by atoms with E-state index < -0.39 is 0 Å². The van der Waals surface area contributed by atoms with E-state index in [0.29, 0.717) is 0 Å². The molecule has 0 bridgehead atoms. The van der Waals surface area contributed by atoms with Gasteiger partial charge in [0.1, 0.15) is 0 Å². The second-order valence-electron chi connectivity index (χ2n) is 4.49. The number of hydrogen-bond donors (Lipinski definition) is 1. The first kappa shape index (κ1) is 11.7. The van der Waals surface area contributed by atoms with E-state index in [1.54, 1.807) is 6.20 Å². The Kier molecular flexibility index (Phi) is 3.20. The van der Waals surface area contributed by atoms with Crippen LogP contribution in [0.1, 0.15) is 34.0 Å². The van der Waals surface area contributed by atoms with Gasteiger partial charge in [-0.15, -0.1) is 0 Å². The molecule has 1 atom stereocenters. The lowest BCUT2D eigenvalue weighted by atomic mass is 10.0. The van der Waals surface area contributed by atoms with Crippen molar-refractivity contribution in [3.8, 4) is 0 Å². The highest BCUT2D eigenvalue weighted by molar-refractivity contribution is 5.33. The summed E-state index contributed by atoms with van der Waals surface area (Å²) in [7, 11) is 0. The lowest BCUT2D eigenvalue weighted by molar-refractivity contribution is 0.808. The van der Waals surface area contributed by atoms with Crippen LogP contribution in [0, 0.1) is 20.8 Å². The lowest BCUT2D eigenvalue weighted by Gasteiger charge is -2.14. The molecular weight excluding hydrogens is 210 g/mol. The Bertz CT molecular complexity index is 535. The number of hydrogen-bond acceptors (Lipinski definition) is 3. The Morgan fingerprint density at radius 3 is 2.35 bits per heavy atom.